The molecule has 0 atom stereocenters. The van der Waals surface area contributed by atoms with Crippen molar-refractivity contribution in [1.29, 1.82) is 0 Å². The van der Waals surface area contributed by atoms with E-state index < -0.39 is 0 Å². The van der Waals surface area contributed by atoms with Crippen LogP contribution in [0.4, 0.5) is 0 Å². The Balaban J connectivity index is 1.53. The van der Waals surface area contributed by atoms with Gasteiger partial charge in [0.15, 0.2) is 5.43 Å². The Morgan fingerprint density at radius 2 is 1.83 bits per heavy atom. The molecular weight excluding hydrogens is 306 g/mol. The third-order valence-electron chi connectivity index (χ3n) is 3.54. The van der Waals surface area contributed by atoms with Gasteiger partial charge in [-0.2, -0.15) is 0 Å². The van der Waals surface area contributed by atoms with E-state index in [0.717, 1.165) is 5.69 Å². The minimum atomic E-state index is -0.139. The topological polar surface area (TPSA) is 70.2 Å². The van der Waals surface area contributed by atoms with Crippen LogP contribution < -0.4 is 10.2 Å². The number of benzene rings is 2. The zero-order valence-electron chi connectivity index (χ0n) is 12.6. The summed E-state index contributed by atoms with van der Waals surface area (Å²) in [4.78, 5) is 12.0. The normalized spacial score (nSPS) is 10.8. The van der Waals surface area contributed by atoms with Gasteiger partial charge in [0.25, 0.3) is 5.95 Å². The second-order valence-electron chi connectivity index (χ2n) is 5.20. The molecule has 0 N–H and O–H groups in total. The van der Waals surface area contributed by atoms with E-state index in [2.05, 4.69) is 10.3 Å². The molecule has 0 saturated carbocycles. The number of aromatic nitrogens is 3. The Morgan fingerprint density at radius 3 is 2.71 bits per heavy atom. The van der Waals surface area contributed by atoms with Crippen molar-refractivity contribution in [2.45, 2.75) is 6.61 Å². The molecule has 4 aromatic rings. The highest BCUT2D eigenvalue weighted by atomic mass is 16.6. The first-order valence-corrected chi connectivity index (χ1v) is 7.42. The number of nitrogens with zero attached hydrogens (tertiary/aromatic N) is 3. The molecule has 0 spiro atoms. The third kappa shape index (κ3) is 2.77. The van der Waals surface area contributed by atoms with E-state index in [0.29, 0.717) is 16.7 Å². The maximum absolute atomic E-state index is 12.0. The van der Waals surface area contributed by atoms with Gasteiger partial charge < -0.3 is 9.15 Å². The SMILES string of the molecule is O=c1cc(OCc2cn(-c3ccccc3)nn2)oc2ccccc12. The van der Waals surface area contributed by atoms with Crippen LogP contribution in [0.5, 0.6) is 5.95 Å². The number of fused-ring (bicyclic) bond motifs is 1. The van der Waals surface area contributed by atoms with Gasteiger partial charge in [-0.3, -0.25) is 4.79 Å². The highest BCUT2D eigenvalue weighted by Crippen LogP contribution is 2.17. The summed E-state index contributed by atoms with van der Waals surface area (Å²) in [6.45, 7) is 0.161. The summed E-state index contributed by atoms with van der Waals surface area (Å²) in [7, 11) is 0. The van der Waals surface area contributed by atoms with Crippen LogP contribution >= 0.6 is 0 Å². The fraction of sp³-hybridized carbons (Fsp3) is 0.0556. The molecule has 2 aromatic heterocycles. The van der Waals surface area contributed by atoms with Crippen molar-refractivity contribution < 1.29 is 9.15 Å². The zero-order chi connectivity index (χ0) is 16.4. The molecule has 2 heterocycles. The van der Waals surface area contributed by atoms with Gasteiger partial charge in [0.1, 0.15) is 17.9 Å². The van der Waals surface area contributed by atoms with E-state index in [-0.39, 0.29) is 18.0 Å². The summed E-state index contributed by atoms with van der Waals surface area (Å²) in [5.74, 6) is 0.160. The van der Waals surface area contributed by atoms with Crippen molar-refractivity contribution in [3.8, 4) is 11.6 Å². The summed E-state index contributed by atoms with van der Waals surface area (Å²) < 4.78 is 12.8. The first-order chi connectivity index (χ1) is 11.8. The van der Waals surface area contributed by atoms with Crippen molar-refractivity contribution in [3.05, 3.63) is 82.8 Å². The number of rotatable bonds is 4. The molecule has 0 saturated heterocycles. The van der Waals surface area contributed by atoms with E-state index in [9.17, 15) is 4.79 Å². The molecule has 2 aromatic carbocycles. The number of para-hydroxylation sites is 2. The monoisotopic (exact) mass is 319 g/mol. The summed E-state index contributed by atoms with van der Waals surface area (Å²) in [5, 5.41) is 8.65. The van der Waals surface area contributed by atoms with Gasteiger partial charge in [-0.05, 0) is 24.3 Å². The largest absolute Gasteiger partial charge is 0.458 e. The van der Waals surface area contributed by atoms with Crippen LogP contribution in [-0.2, 0) is 6.61 Å². The zero-order valence-corrected chi connectivity index (χ0v) is 12.6. The van der Waals surface area contributed by atoms with Crippen LogP contribution in [-0.4, -0.2) is 15.0 Å². The molecule has 0 aliphatic carbocycles. The second kappa shape index (κ2) is 6.00. The van der Waals surface area contributed by atoms with Gasteiger partial charge in [-0.25, -0.2) is 4.68 Å². The Bertz CT molecular complexity index is 1040. The van der Waals surface area contributed by atoms with E-state index in [1.54, 1.807) is 35.1 Å². The molecule has 0 aliphatic rings. The van der Waals surface area contributed by atoms with Crippen LogP contribution in [0.1, 0.15) is 5.69 Å². The Labute approximate surface area is 136 Å². The summed E-state index contributed by atoms with van der Waals surface area (Å²) in [5.41, 5.74) is 1.90. The Morgan fingerprint density at radius 1 is 1.04 bits per heavy atom. The van der Waals surface area contributed by atoms with Crippen LogP contribution in [0.2, 0.25) is 0 Å². The van der Waals surface area contributed by atoms with Crippen LogP contribution in [0.25, 0.3) is 16.7 Å². The minimum absolute atomic E-state index is 0.139. The molecule has 4 rings (SSSR count). The maximum Gasteiger partial charge on any atom is 0.289 e. The quantitative estimate of drug-likeness (QED) is 0.578. The molecule has 0 fully saturated rings. The van der Waals surface area contributed by atoms with Crippen molar-refractivity contribution in [1.82, 2.24) is 15.0 Å². The van der Waals surface area contributed by atoms with Gasteiger partial charge in [0.2, 0.25) is 0 Å². The molecule has 0 unspecified atom stereocenters. The lowest BCUT2D eigenvalue weighted by Gasteiger charge is -2.03. The summed E-state index contributed by atoms with van der Waals surface area (Å²) in [6.07, 6.45) is 1.77. The van der Waals surface area contributed by atoms with Gasteiger partial charge >= 0.3 is 0 Å². The van der Waals surface area contributed by atoms with Crippen LogP contribution in [0, 0.1) is 0 Å². The molecule has 0 aliphatic heterocycles. The van der Waals surface area contributed by atoms with E-state index >= 15 is 0 Å². The summed E-state index contributed by atoms with van der Waals surface area (Å²) in [6, 6.07) is 18.0. The number of hydrogen-bond acceptors (Lipinski definition) is 5. The van der Waals surface area contributed by atoms with Gasteiger partial charge in [-0.15, -0.1) is 5.10 Å². The first-order valence-electron chi connectivity index (χ1n) is 7.42. The Hall–Kier alpha value is -3.41. The highest BCUT2D eigenvalue weighted by Gasteiger charge is 2.07. The molecular formula is C18H13N3O3. The molecule has 0 radical (unpaired) electrons. The predicted octanol–water partition coefficient (Wildman–Crippen LogP) is 2.95. The molecule has 0 bridgehead atoms. The van der Waals surface area contributed by atoms with Gasteiger partial charge in [0, 0.05) is 0 Å². The highest BCUT2D eigenvalue weighted by molar-refractivity contribution is 5.76. The fourth-order valence-corrected chi connectivity index (χ4v) is 2.37. The molecule has 6 heteroatoms. The molecule has 24 heavy (non-hydrogen) atoms. The Kier molecular flexibility index (Phi) is 3.55. The summed E-state index contributed by atoms with van der Waals surface area (Å²) >= 11 is 0. The van der Waals surface area contributed by atoms with Crippen molar-refractivity contribution >= 4 is 11.0 Å². The number of ether oxygens (including phenoxy) is 1. The van der Waals surface area contributed by atoms with Crippen molar-refractivity contribution in [2.24, 2.45) is 0 Å². The average Bonchev–Trinajstić information content (AvgIpc) is 3.10. The number of hydrogen-bond donors (Lipinski definition) is 0. The van der Waals surface area contributed by atoms with Gasteiger partial charge in [0.05, 0.1) is 23.3 Å². The van der Waals surface area contributed by atoms with Gasteiger partial charge in [-0.1, -0.05) is 35.5 Å². The van der Waals surface area contributed by atoms with Crippen molar-refractivity contribution in [2.75, 3.05) is 0 Å². The predicted molar refractivity (Wildman–Crippen MR) is 88.2 cm³/mol. The van der Waals surface area contributed by atoms with E-state index in [1.807, 2.05) is 30.3 Å². The minimum Gasteiger partial charge on any atom is -0.458 e. The van der Waals surface area contributed by atoms with E-state index in [1.165, 1.54) is 6.07 Å². The third-order valence-corrected chi connectivity index (χ3v) is 3.54. The average molecular weight is 319 g/mol. The first kappa shape index (κ1) is 14.2. The standard InChI is InChI=1S/C18H13N3O3/c22-16-10-18(24-17-9-5-4-8-15(16)17)23-12-13-11-21(20-19-13)14-6-2-1-3-7-14/h1-11H,12H2. The second-order valence-corrected chi connectivity index (χ2v) is 5.20. The molecule has 6 nitrogen and oxygen atoms in total. The van der Waals surface area contributed by atoms with Crippen LogP contribution in [0.15, 0.2) is 76.1 Å². The maximum atomic E-state index is 12.0. The molecule has 0 amide bonds. The van der Waals surface area contributed by atoms with Crippen LogP contribution in [0.3, 0.4) is 0 Å². The molecule has 118 valence electrons. The lowest BCUT2D eigenvalue weighted by Crippen LogP contribution is -2.03. The lowest BCUT2D eigenvalue weighted by atomic mass is 10.2. The fourth-order valence-electron chi connectivity index (χ4n) is 2.37. The smallest absolute Gasteiger partial charge is 0.289 e. The van der Waals surface area contributed by atoms with E-state index in [4.69, 9.17) is 9.15 Å². The lowest BCUT2D eigenvalue weighted by molar-refractivity contribution is 0.232. The van der Waals surface area contributed by atoms with Crippen molar-refractivity contribution in [3.63, 3.8) is 0 Å².